The van der Waals surface area contributed by atoms with E-state index in [-0.39, 0.29) is 0 Å². The summed E-state index contributed by atoms with van der Waals surface area (Å²) in [6.45, 7) is 7.96. The monoisotopic (exact) mass is 810 g/mol. The number of hydrogen-bond donors (Lipinski definition) is 4. The molecule has 0 saturated carbocycles. The van der Waals surface area contributed by atoms with E-state index in [0.717, 1.165) is 111 Å². The van der Waals surface area contributed by atoms with Gasteiger partial charge in [0, 0.05) is 35.2 Å². The number of nitrogens with one attached hydrogen (secondary N) is 4. The second-order valence-corrected chi connectivity index (χ2v) is 14.6. The van der Waals surface area contributed by atoms with Gasteiger partial charge in [-0.05, 0) is 137 Å². The molecule has 0 aliphatic heterocycles. The molecule has 4 N–H and O–H groups in total. The number of hydrogen-bond acceptors (Lipinski definition) is 12. The van der Waals surface area contributed by atoms with Crippen molar-refractivity contribution in [3.05, 3.63) is 120 Å². The lowest BCUT2D eigenvalue weighted by molar-refractivity contribution is 0.158. The molecule has 0 radical (unpaired) electrons. The predicted molar refractivity (Wildman–Crippen MR) is 236 cm³/mol. The number of nitrogens with zero attached hydrogens (tertiary/aromatic N) is 6. The molecule has 0 aliphatic rings. The van der Waals surface area contributed by atoms with Crippen LogP contribution in [-0.4, -0.2) is 58.4 Å². The smallest absolute Gasteiger partial charge is 0.412 e. The van der Waals surface area contributed by atoms with Gasteiger partial charge >= 0.3 is 12.2 Å². The van der Waals surface area contributed by atoms with Crippen molar-refractivity contribution in [3.63, 3.8) is 0 Å². The van der Waals surface area contributed by atoms with Crippen LogP contribution in [0.15, 0.2) is 107 Å². The van der Waals surface area contributed by atoms with E-state index in [4.69, 9.17) is 9.47 Å². The van der Waals surface area contributed by atoms with Crippen LogP contribution in [0, 0.1) is 13.8 Å². The zero-order chi connectivity index (χ0) is 41.8. The first-order chi connectivity index (χ1) is 29.4. The molecular formula is C46H54N10O4. The number of amides is 2. The number of pyridine rings is 4. The van der Waals surface area contributed by atoms with Crippen molar-refractivity contribution >= 4 is 57.3 Å². The summed E-state index contributed by atoms with van der Waals surface area (Å²) in [7, 11) is 0. The Bertz CT molecular complexity index is 2160. The van der Waals surface area contributed by atoms with Crippen molar-refractivity contribution in [1.29, 1.82) is 0 Å². The zero-order valence-electron chi connectivity index (χ0n) is 34.5. The van der Waals surface area contributed by atoms with E-state index in [1.165, 1.54) is 11.1 Å². The highest BCUT2D eigenvalue weighted by Gasteiger charge is 2.08. The third-order valence-corrected chi connectivity index (χ3v) is 9.62. The molecular weight excluding hydrogens is 757 g/mol. The number of aromatic nitrogens is 4. The third kappa shape index (κ3) is 14.8. The summed E-state index contributed by atoms with van der Waals surface area (Å²) >= 11 is 0. The lowest BCUT2D eigenvalue weighted by atomic mass is 10.2. The second-order valence-electron chi connectivity index (χ2n) is 14.6. The van der Waals surface area contributed by atoms with Gasteiger partial charge in [-0.1, -0.05) is 49.9 Å². The molecule has 0 atom stereocenters. The lowest BCUT2D eigenvalue weighted by Gasteiger charge is -2.08. The van der Waals surface area contributed by atoms with E-state index in [0.29, 0.717) is 36.1 Å². The summed E-state index contributed by atoms with van der Waals surface area (Å²) in [5.74, 6) is 0.856. The molecule has 14 heteroatoms. The molecule has 2 aromatic carbocycles. The van der Waals surface area contributed by atoms with Crippen molar-refractivity contribution in [2.24, 2.45) is 10.2 Å². The summed E-state index contributed by atoms with van der Waals surface area (Å²) in [4.78, 5) is 41.9. The molecule has 4 aromatic heterocycles. The molecule has 6 rings (SSSR count). The van der Waals surface area contributed by atoms with Gasteiger partial charge < -0.3 is 20.1 Å². The molecule has 0 unspecified atom stereocenters. The Balaban J connectivity index is 0.741. The Labute approximate surface area is 351 Å². The van der Waals surface area contributed by atoms with Crippen molar-refractivity contribution in [2.45, 2.75) is 78.3 Å². The number of anilines is 2. The molecule has 0 spiro atoms. The fourth-order valence-corrected chi connectivity index (χ4v) is 6.29. The van der Waals surface area contributed by atoms with Gasteiger partial charge in [-0.2, -0.15) is 10.2 Å². The number of ether oxygens (including phenoxy) is 2. The van der Waals surface area contributed by atoms with Crippen molar-refractivity contribution in [3.8, 4) is 0 Å². The Morgan fingerprint density at radius 3 is 1.32 bits per heavy atom. The van der Waals surface area contributed by atoms with Gasteiger partial charge in [0.25, 0.3) is 0 Å². The molecule has 0 saturated heterocycles. The number of rotatable bonds is 22. The van der Waals surface area contributed by atoms with Crippen LogP contribution in [0.5, 0.6) is 0 Å². The van der Waals surface area contributed by atoms with Gasteiger partial charge in [0.05, 0.1) is 24.6 Å². The first-order valence-corrected chi connectivity index (χ1v) is 20.7. The summed E-state index contributed by atoms with van der Waals surface area (Å²) in [6, 6.07) is 31.2. The lowest BCUT2D eigenvalue weighted by Crippen LogP contribution is -2.16. The molecule has 14 nitrogen and oxygen atoms in total. The number of unbranched alkanes of at least 4 members (excludes halogenated alkanes) is 6. The standard InChI is InChI=1S/C46H54N10O4/c1-33-11-17-37-19-25-41(51-43(37)49-33)53-45(57)59-29-9-5-3-7-27-47-31-35-13-21-39(22-14-35)55-56-40-23-15-36(16-24-40)32-48-28-8-4-6-10-30-60-46(58)54-42-26-20-38-18-12-34(2)50-44(38)52-42/h11-26,47-48H,3-10,27-32H2,1-2H3,(H,49,51,53,57)(H,50,52,54,58). The van der Waals surface area contributed by atoms with E-state index in [1.807, 2.05) is 74.5 Å². The van der Waals surface area contributed by atoms with E-state index in [1.54, 1.807) is 12.1 Å². The van der Waals surface area contributed by atoms with Crippen molar-refractivity contribution < 1.29 is 19.1 Å². The quantitative estimate of drug-likeness (QED) is 0.0381. The highest BCUT2D eigenvalue weighted by atomic mass is 16.6. The number of aryl methyl sites for hydroxylation is 2. The van der Waals surface area contributed by atoms with Crippen molar-refractivity contribution in [1.82, 2.24) is 30.6 Å². The number of carbonyl (C=O) groups is 2. The van der Waals surface area contributed by atoms with Gasteiger partial charge in [-0.3, -0.25) is 10.6 Å². The number of benzene rings is 2. The van der Waals surface area contributed by atoms with Crippen LogP contribution in [0.4, 0.5) is 32.6 Å². The first-order valence-electron chi connectivity index (χ1n) is 20.7. The molecule has 2 amide bonds. The van der Waals surface area contributed by atoms with E-state index in [9.17, 15) is 9.59 Å². The maximum atomic E-state index is 12.2. The van der Waals surface area contributed by atoms with Crippen molar-refractivity contribution in [2.75, 3.05) is 36.9 Å². The average molecular weight is 811 g/mol. The largest absolute Gasteiger partial charge is 0.449 e. The average Bonchev–Trinajstić information content (AvgIpc) is 3.25. The van der Waals surface area contributed by atoms with E-state index < -0.39 is 12.2 Å². The van der Waals surface area contributed by atoms with Crippen LogP contribution in [-0.2, 0) is 22.6 Å². The number of azo groups is 1. The highest BCUT2D eigenvalue weighted by Crippen LogP contribution is 2.20. The third-order valence-electron chi connectivity index (χ3n) is 9.62. The first kappa shape index (κ1) is 43.2. The van der Waals surface area contributed by atoms with Crippen LogP contribution in [0.25, 0.3) is 22.1 Å². The van der Waals surface area contributed by atoms with Gasteiger partial charge in [0.1, 0.15) is 11.6 Å². The van der Waals surface area contributed by atoms with Gasteiger partial charge in [0.2, 0.25) is 0 Å². The van der Waals surface area contributed by atoms with Crippen LogP contribution in [0.3, 0.4) is 0 Å². The fourth-order valence-electron chi connectivity index (χ4n) is 6.29. The Morgan fingerprint density at radius 2 is 0.883 bits per heavy atom. The highest BCUT2D eigenvalue weighted by molar-refractivity contribution is 5.86. The summed E-state index contributed by atoms with van der Waals surface area (Å²) in [6.07, 6.45) is 6.80. The molecule has 60 heavy (non-hydrogen) atoms. The summed E-state index contributed by atoms with van der Waals surface area (Å²) in [5.41, 5.74) is 6.93. The molecule has 0 fully saturated rings. The molecule has 312 valence electrons. The second kappa shape index (κ2) is 23.3. The minimum absolute atomic E-state index is 0.369. The Morgan fingerprint density at radius 1 is 0.483 bits per heavy atom. The molecule has 0 bridgehead atoms. The van der Waals surface area contributed by atoms with Gasteiger partial charge in [-0.15, -0.1) is 0 Å². The maximum absolute atomic E-state index is 12.2. The zero-order valence-corrected chi connectivity index (χ0v) is 34.5. The molecule has 0 aliphatic carbocycles. The number of fused-ring (bicyclic) bond motifs is 2. The SMILES string of the molecule is Cc1ccc2ccc(NC(=O)OCCCCCCNCc3ccc(N=Nc4ccc(CNCCCCCCOC(=O)Nc5ccc6ccc(C)nc6n5)cc4)cc3)nc2n1. The van der Waals surface area contributed by atoms with Crippen LogP contribution in [0.2, 0.25) is 0 Å². The minimum atomic E-state index is -0.503. The predicted octanol–water partition coefficient (Wildman–Crippen LogP) is 10.4. The fraction of sp³-hybridized carbons (Fsp3) is 0.348. The summed E-state index contributed by atoms with van der Waals surface area (Å²) in [5, 5.41) is 23.0. The van der Waals surface area contributed by atoms with Crippen LogP contribution in [0.1, 0.15) is 73.9 Å². The molecule has 4 heterocycles. The minimum Gasteiger partial charge on any atom is -0.449 e. The normalized spacial score (nSPS) is 11.3. The number of carbonyl (C=O) groups excluding carboxylic acids is 2. The topological polar surface area (TPSA) is 177 Å². The maximum Gasteiger partial charge on any atom is 0.412 e. The summed E-state index contributed by atoms with van der Waals surface area (Å²) < 4.78 is 10.6. The Kier molecular flexibility index (Phi) is 16.8. The van der Waals surface area contributed by atoms with Crippen LogP contribution < -0.4 is 21.3 Å². The molecule has 6 aromatic rings. The Hall–Kier alpha value is -6.38. The van der Waals surface area contributed by atoms with Gasteiger partial charge in [-0.25, -0.2) is 29.5 Å². The van der Waals surface area contributed by atoms with E-state index >= 15 is 0 Å². The van der Waals surface area contributed by atoms with Crippen LogP contribution >= 0.6 is 0 Å². The van der Waals surface area contributed by atoms with E-state index in [2.05, 4.69) is 75.7 Å². The van der Waals surface area contributed by atoms with Gasteiger partial charge in [0.15, 0.2) is 11.3 Å².